The van der Waals surface area contributed by atoms with E-state index in [0.717, 1.165) is 71.5 Å². The smallest absolute Gasteiger partial charge is 0.204 e. The summed E-state index contributed by atoms with van der Waals surface area (Å²) in [7, 11) is 8.83. The molecular weight excluding hydrogens is 568 g/mol. The van der Waals surface area contributed by atoms with Gasteiger partial charge in [-0.05, 0) is 110 Å². The van der Waals surface area contributed by atoms with Gasteiger partial charge in [-0.3, -0.25) is 4.90 Å². The highest BCUT2D eigenvalue weighted by Crippen LogP contribution is 2.52. The molecule has 2 N–H and O–H groups in total. The van der Waals surface area contributed by atoms with E-state index in [4.69, 9.17) is 23.7 Å². The van der Waals surface area contributed by atoms with Crippen molar-refractivity contribution < 1.29 is 28.8 Å². The van der Waals surface area contributed by atoms with Gasteiger partial charge in [0.1, 0.15) is 11.5 Å². The summed E-state index contributed by atoms with van der Waals surface area (Å²) in [5.74, 6) is 4.10. The van der Waals surface area contributed by atoms with Crippen LogP contribution in [-0.2, 0) is 25.7 Å². The monoisotopic (exact) mass is 608 g/mol. The maximum Gasteiger partial charge on any atom is 0.204 e. The van der Waals surface area contributed by atoms with Gasteiger partial charge < -0.3 is 34.1 Å². The van der Waals surface area contributed by atoms with E-state index in [0.29, 0.717) is 35.2 Å². The number of methoxy groups -OCH3 is 4. The van der Waals surface area contributed by atoms with Crippen molar-refractivity contribution >= 4 is 0 Å². The van der Waals surface area contributed by atoms with Gasteiger partial charge in [0.2, 0.25) is 5.75 Å². The largest absolute Gasteiger partial charge is 0.507 e. The van der Waals surface area contributed by atoms with E-state index in [-0.39, 0.29) is 17.8 Å². The molecular formula is C37H40N2O6. The first-order chi connectivity index (χ1) is 21.9. The lowest BCUT2D eigenvalue weighted by Crippen LogP contribution is -2.34. The average Bonchev–Trinajstić information content (AvgIpc) is 3.06. The van der Waals surface area contributed by atoms with Crippen LogP contribution in [0.2, 0.25) is 0 Å². The first kappa shape index (κ1) is 29.3. The average molecular weight is 609 g/mol. The molecule has 6 bridgehead atoms. The Morgan fingerprint density at radius 2 is 1.51 bits per heavy atom. The molecule has 0 saturated heterocycles. The van der Waals surface area contributed by atoms with Crippen LogP contribution in [0.4, 0.5) is 0 Å². The molecule has 2 atom stereocenters. The Morgan fingerprint density at radius 3 is 2.29 bits per heavy atom. The number of likely N-dealkylation sites (N-methyl/N-ethyl adjacent to an activating group) is 1. The molecule has 0 fully saturated rings. The summed E-state index contributed by atoms with van der Waals surface area (Å²) in [5, 5.41) is 14.9. The zero-order chi connectivity index (χ0) is 31.2. The van der Waals surface area contributed by atoms with Crippen LogP contribution in [0.3, 0.4) is 0 Å². The molecule has 7 rings (SSSR count). The molecule has 0 saturated carbocycles. The Kier molecular flexibility index (Phi) is 7.71. The highest BCUT2D eigenvalue weighted by atomic mass is 16.5. The van der Waals surface area contributed by atoms with Gasteiger partial charge in [-0.2, -0.15) is 0 Å². The van der Waals surface area contributed by atoms with Crippen molar-refractivity contribution in [3.63, 3.8) is 0 Å². The summed E-state index contributed by atoms with van der Waals surface area (Å²) < 4.78 is 30.6. The number of fused-ring (bicyclic) bond motifs is 6. The van der Waals surface area contributed by atoms with Gasteiger partial charge in [-0.15, -0.1) is 0 Å². The standard InChI is InChI=1S/C37H40N2O6/c1-39-13-11-24-19-34(43-4)36(44-5)37-35(24)29(39)17-22-6-8-30(40)26(14-22)27-15-21(7-9-31(27)41-2)16-28-25-20-33(45-37)32(42-3)18-23(25)10-12-38-28/h6-9,14-15,18-20,28-29,38,40H,10-13,16-17H2,1-5H3/t28-,29-/m0/s1. The number of aromatic hydroxyl groups is 1. The predicted octanol–water partition coefficient (Wildman–Crippen LogP) is 6.40. The molecule has 0 aliphatic carbocycles. The van der Waals surface area contributed by atoms with Crippen molar-refractivity contribution in [3.8, 4) is 51.4 Å². The van der Waals surface area contributed by atoms with Gasteiger partial charge in [0.25, 0.3) is 0 Å². The lowest BCUT2D eigenvalue weighted by molar-refractivity contribution is 0.221. The highest BCUT2D eigenvalue weighted by Gasteiger charge is 2.34. The zero-order valence-electron chi connectivity index (χ0n) is 26.5. The van der Waals surface area contributed by atoms with E-state index in [1.54, 1.807) is 34.5 Å². The summed E-state index contributed by atoms with van der Waals surface area (Å²) in [5.41, 5.74) is 8.50. The van der Waals surface area contributed by atoms with E-state index in [1.165, 1.54) is 11.1 Å². The summed E-state index contributed by atoms with van der Waals surface area (Å²) in [6.07, 6.45) is 3.18. The van der Waals surface area contributed by atoms with Crippen LogP contribution in [0.15, 0.2) is 54.6 Å². The number of phenols is 1. The third-order valence-corrected chi connectivity index (χ3v) is 9.63. The fourth-order valence-corrected chi connectivity index (χ4v) is 7.29. The fourth-order valence-electron chi connectivity index (χ4n) is 7.29. The first-order valence-corrected chi connectivity index (χ1v) is 15.5. The second kappa shape index (κ2) is 11.8. The molecule has 45 heavy (non-hydrogen) atoms. The minimum absolute atomic E-state index is 0.0277. The Hall–Kier alpha value is -4.40. The van der Waals surface area contributed by atoms with Crippen LogP contribution < -0.4 is 29.0 Å². The molecule has 3 aliphatic rings. The molecule has 8 heteroatoms. The Bertz CT molecular complexity index is 1770. The summed E-state index contributed by atoms with van der Waals surface area (Å²) >= 11 is 0. The molecule has 0 unspecified atom stereocenters. The van der Waals surface area contributed by atoms with E-state index in [2.05, 4.69) is 53.7 Å². The highest BCUT2D eigenvalue weighted by molar-refractivity contribution is 5.77. The second-order valence-corrected chi connectivity index (χ2v) is 12.1. The van der Waals surface area contributed by atoms with Crippen molar-refractivity contribution in [2.24, 2.45) is 0 Å². The molecule has 0 amide bonds. The first-order valence-electron chi connectivity index (χ1n) is 15.5. The van der Waals surface area contributed by atoms with Gasteiger partial charge in [0.05, 0.1) is 28.4 Å². The van der Waals surface area contributed by atoms with Gasteiger partial charge in [-0.1, -0.05) is 12.1 Å². The molecule has 4 aromatic rings. The predicted molar refractivity (Wildman–Crippen MR) is 174 cm³/mol. The number of ether oxygens (including phenoxy) is 5. The minimum Gasteiger partial charge on any atom is -0.507 e. The zero-order valence-corrected chi connectivity index (χ0v) is 26.5. The number of hydrogen-bond donors (Lipinski definition) is 2. The third-order valence-electron chi connectivity index (χ3n) is 9.63. The number of rotatable bonds is 4. The van der Waals surface area contributed by atoms with Gasteiger partial charge in [0.15, 0.2) is 23.0 Å². The van der Waals surface area contributed by atoms with E-state index in [9.17, 15) is 5.11 Å². The number of hydrogen-bond acceptors (Lipinski definition) is 8. The Balaban J connectivity index is 1.51. The van der Waals surface area contributed by atoms with Gasteiger partial charge in [-0.25, -0.2) is 0 Å². The van der Waals surface area contributed by atoms with Crippen LogP contribution in [0, 0.1) is 0 Å². The molecule has 0 radical (unpaired) electrons. The summed E-state index contributed by atoms with van der Waals surface area (Å²) in [6, 6.07) is 18.5. The van der Waals surface area contributed by atoms with E-state index < -0.39 is 0 Å². The molecule has 8 nitrogen and oxygen atoms in total. The van der Waals surface area contributed by atoms with Crippen molar-refractivity contribution in [3.05, 3.63) is 88.0 Å². The maximum absolute atomic E-state index is 11.2. The molecule has 0 spiro atoms. The van der Waals surface area contributed by atoms with Crippen molar-refractivity contribution in [1.82, 2.24) is 10.2 Å². The lowest BCUT2D eigenvalue weighted by atomic mass is 9.86. The quantitative estimate of drug-likeness (QED) is 0.276. The molecule has 234 valence electrons. The van der Waals surface area contributed by atoms with Crippen molar-refractivity contribution in [1.29, 1.82) is 0 Å². The Morgan fingerprint density at radius 1 is 0.778 bits per heavy atom. The minimum atomic E-state index is -0.0277. The van der Waals surface area contributed by atoms with Crippen LogP contribution in [0.5, 0.6) is 40.2 Å². The van der Waals surface area contributed by atoms with Crippen LogP contribution in [0.1, 0.15) is 45.5 Å². The summed E-state index contributed by atoms with van der Waals surface area (Å²) in [6.45, 7) is 1.74. The normalized spacial score (nSPS) is 18.8. The van der Waals surface area contributed by atoms with Crippen molar-refractivity contribution in [2.45, 2.75) is 37.8 Å². The number of benzene rings is 4. The molecule has 3 aliphatic heterocycles. The maximum atomic E-state index is 11.2. The fraction of sp³-hybridized carbons (Fsp3) is 0.351. The second-order valence-electron chi connectivity index (χ2n) is 12.1. The Labute approximate surface area is 264 Å². The SMILES string of the molecule is COc1cc2c3cc1Oc1c(OC)c(OC)cc4c1[C@H](Cc1ccc(O)c(c1)-c1cc(ccc1OC)C[C@@H]3NCC2)N(C)CC4. The van der Waals surface area contributed by atoms with E-state index >= 15 is 0 Å². The van der Waals surface area contributed by atoms with Crippen LogP contribution in [0.25, 0.3) is 11.1 Å². The number of nitrogens with one attached hydrogen (secondary N) is 1. The van der Waals surface area contributed by atoms with Crippen LogP contribution >= 0.6 is 0 Å². The summed E-state index contributed by atoms with van der Waals surface area (Å²) in [4.78, 5) is 2.36. The molecule has 3 heterocycles. The molecule has 4 aromatic carbocycles. The van der Waals surface area contributed by atoms with Crippen LogP contribution in [-0.4, -0.2) is 58.6 Å². The van der Waals surface area contributed by atoms with Gasteiger partial charge in [0, 0.05) is 35.3 Å². The van der Waals surface area contributed by atoms with Gasteiger partial charge >= 0.3 is 0 Å². The van der Waals surface area contributed by atoms with Crippen molar-refractivity contribution in [2.75, 3.05) is 48.6 Å². The number of nitrogens with zero attached hydrogens (tertiary/aromatic N) is 1. The lowest BCUT2D eigenvalue weighted by Gasteiger charge is -2.37. The topological polar surface area (TPSA) is 81.7 Å². The van der Waals surface area contributed by atoms with E-state index in [1.807, 2.05) is 12.1 Å². The molecule has 0 aromatic heterocycles. The number of phenolic OH excluding ortho intramolecular Hbond substituents is 1. The third kappa shape index (κ3) is 5.12.